The number of carbonyl (C=O) groups excluding carboxylic acids is 1. The Morgan fingerprint density at radius 3 is 2.56 bits per heavy atom. The molecule has 0 unspecified atom stereocenters. The van der Waals surface area contributed by atoms with Crippen molar-refractivity contribution in [2.24, 2.45) is 5.92 Å². The van der Waals surface area contributed by atoms with Crippen LogP contribution in [-0.2, 0) is 9.53 Å². The Hall–Kier alpha value is -1.39. The molecule has 5 rings (SSSR count). The molecular formula is C21H30N2O2. The number of ether oxygens (including phenoxy) is 1. The van der Waals surface area contributed by atoms with E-state index in [1.165, 1.54) is 37.1 Å². The highest BCUT2D eigenvalue weighted by atomic mass is 16.5. The number of nitrogens with zero attached hydrogens (tertiary/aromatic N) is 2. The highest BCUT2D eigenvalue weighted by molar-refractivity contribution is 5.77. The quantitative estimate of drug-likeness (QED) is 0.772. The number of hydrogen-bond donors (Lipinski definition) is 0. The maximum absolute atomic E-state index is 12.9. The van der Waals surface area contributed by atoms with Crippen LogP contribution in [-0.4, -0.2) is 60.6 Å². The maximum Gasteiger partial charge on any atom is 0.225 e. The van der Waals surface area contributed by atoms with Gasteiger partial charge in [-0.1, -0.05) is 29.8 Å². The molecule has 4 aliphatic rings. The number of amides is 1. The van der Waals surface area contributed by atoms with E-state index in [0.29, 0.717) is 43.6 Å². The summed E-state index contributed by atoms with van der Waals surface area (Å²) in [5, 5.41) is 0. The maximum atomic E-state index is 12.9. The van der Waals surface area contributed by atoms with E-state index in [-0.39, 0.29) is 5.91 Å². The molecule has 4 fully saturated rings. The highest BCUT2D eigenvalue weighted by Gasteiger charge is 2.54. The van der Waals surface area contributed by atoms with E-state index in [1.54, 1.807) is 0 Å². The Kier molecular flexibility index (Phi) is 4.83. The normalized spacial score (nSPS) is 33.5. The van der Waals surface area contributed by atoms with Crippen molar-refractivity contribution < 1.29 is 9.53 Å². The minimum Gasteiger partial charge on any atom is -0.381 e. The lowest BCUT2D eigenvalue weighted by Crippen LogP contribution is -2.60. The van der Waals surface area contributed by atoms with Gasteiger partial charge < -0.3 is 9.64 Å². The van der Waals surface area contributed by atoms with Crippen LogP contribution in [0.4, 0.5) is 0 Å². The van der Waals surface area contributed by atoms with Crippen molar-refractivity contribution in [3.05, 3.63) is 35.4 Å². The van der Waals surface area contributed by atoms with Crippen LogP contribution >= 0.6 is 0 Å². The highest BCUT2D eigenvalue weighted by Crippen LogP contribution is 2.46. The van der Waals surface area contributed by atoms with E-state index in [2.05, 4.69) is 41.0 Å². The standard InChI is InChI=1S/C21H30N2O2/c1-3-25-13-10-19(24)23-14-18(16-6-4-15(2)5-7-16)21-20(23)17-8-11-22(21)12-9-17/h4-7,17-18,20-21H,3,8-14H2,1-2H3/t18-,20-,21-/m1/s1. The van der Waals surface area contributed by atoms with Crippen LogP contribution in [0, 0.1) is 12.8 Å². The molecule has 0 aliphatic carbocycles. The van der Waals surface area contributed by atoms with E-state index < -0.39 is 0 Å². The van der Waals surface area contributed by atoms with Crippen LogP contribution in [0.25, 0.3) is 0 Å². The SMILES string of the molecule is CCOCCC(=O)N1C[C@H](c2ccc(C)cc2)[C@@H]2[C@H]1C1CCN2CC1. The molecule has 4 nitrogen and oxygen atoms in total. The van der Waals surface area contributed by atoms with E-state index in [1.807, 2.05) is 6.92 Å². The van der Waals surface area contributed by atoms with Crippen LogP contribution in [0.1, 0.15) is 43.2 Å². The van der Waals surface area contributed by atoms with Crippen molar-refractivity contribution in [1.29, 1.82) is 0 Å². The number of hydrogen-bond acceptors (Lipinski definition) is 3. The van der Waals surface area contributed by atoms with Crippen molar-refractivity contribution >= 4 is 5.91 Å². The fourth-order valence-corrected chi connectivity index (χ4v) is 5.26. The van der Waals surface area contributed by atoms with Gasteiger partial charge in [0, 0.05) is 25.1 Å². The second-order valence-electron chi connectivity index (χ2n) is 7.86. The summed E-state index contributed by atoms with van der Waals surface area (Å²) in [6, 6.07) is 9.87. The lowest BCUT2D eigenvalue weighted by molar-refractivity contribution is -0.137. The van der Waals surface area contributed by atoms with Crippen LogP contribution in [0.5, 0.6) is 0 Å². The van der Waals surface area contributed by atoms with Gasteiger partial charge in [-0.15, -0.1) is 0 Å². The molecule has 1 aromatic rings. The zero-order valence-electron chi connectivity index (χ0n) is 15.5. The number of fused-ring (bicyclic) bond motifs is 2. The van der Waals surface area contributed by atoms with Crippen molar-refractivity contribution in [3.8, 4) is 0 Å². The second kappa shape index (κ2) is 7.08. The molecule has 0 spiro atoms. The third-order valence-corrected chi connectivity index (χ3v) is 6.48. The summed E-state index contributed by atoms with van der Waals surface area (Å²) in [5.74, 6) is 1.41. The molecule has 4 saturated heterocycles. The first-order valence-corrected chi connectivity index (χ1v) is 9.87. The van der Waals surface area contributed by atoms with Crippen molar-refractivity contribution in [2.75, 3.05) is 32.8 Å². The average molecular weight is 342 g/mol. The molecule has 2 bridgehead atoms. The number of carbonyl (C=O) groups is 1. The number of aryl methyl sites for hydroxylation is 1. The van der Waals surface area contributed by atoms with Gasteiger partial charge in [-0.25, -0.2) is 0 Å². The fraction of sp³-hybridized carbons (Fsp3) is 0.667. The Morgan fingerprint density at radius 2 is 1.88 bits per heavy atom. The minimum absolute atomic E-state index is 0.284. The van der Waals surface area contributed by atoms with Gasteiger partial charge in [0.25, 0.3) is 0 Å². The van der Waals surface area contributed by atoms with E-state index in [0.717, 1.165) is 6.54 Å². The predicted molar refractivity (Wildman–Crippen MR) is 98.6 cm³/mol. The summed E-state index contributed by atoms with van der Waals surface area (Å²) in [6.45, 7) is 8.63. The summed E-state index contributed by atoms with van der Waals surface area (Å²) >= 11 is 0. The molecular weight excluding hydrogens is 312 g/mol. The van der Waals surface area contributed by atoms with Gasteiger partial charge >= 0.3 is 0 Å². The molecule has 0 radical (unpaired) electrons. The number of rotatable bonds is 5. The minimum atomic E-state index is 0.284. The van der Waals surface area contributed by atoms with Crippen molar-refractivity contribution in [1.82, 2.24) is 9.80 Å². The first-order chi connectivity index (χ1) is 12.2. The molecule has 4 heterocycles. The molecule has 136 valence electrons. The van der Waals surface area contributed by atoms with Gasteiger partial charge in [0.05, 0.1) is 19.1 Å². The summed E-state index contributed by atoms with van der Waals surface area (Å²) in [6.07, 6.45) is 3.01. The van der Waals surface area contributed by atoms with Crippen LogP contribution in [0.2, 0.25) is 0 Å². The summed E-state index contributed by atoms with van der Waals surface area (Å²) < 4.78 is 5.43. The number of likely N-dealkylation sites (tertiary alicyclic amines) is 1. The summed E-state index contributed by atoms with van der Waals surface area (Å²) in [4.78, 5) is 17.8. The molecule has 4 heteroatoms. The average Bonchev–Trinajstić information content (AvgIpc) is 3.06. The largest absolute Gasteiger partial charge is 0.381 e. The van der Waals surface area contributed by atoms with Gasteiger partial charge in [0.15, 0.2) is 0 Å². The molecule has 1 amide bonds. The van der Waals surface area contributed by atoms with Gasteiger partial charge in [0.1, 0.15) is 0 Å². The number of benzene rings is 1. The third kappa shape index (κ3) is 3.11. The van der Waals surface area contributed by atoms with Gasteiger partial charge in [-0.05, 0) is 51.3 Å². The molecule has 1 aromatic carbocycles. The Morgan fingerprint density at radius 1 is 1.16 bits per heavy atom. The first-order valence-electron chi connectivity index (χ1n) is 9.87. The first kappa shape index (κ1) is 17.0. The van der Waals surface area contributed by atoms with E-state index in [4.69, 9.17) is 4.74 Å². The predicted octanol–water partition coefficient (Wildman–Crippen LogP) is 2.81. The topological polar surface area (TPSA) is 32.8 Å². The third-order valence-electron chi connectivity index (χ3n) is 6.48. The van der Waals surface area contributed by atoms with Crippen LogP contribution < -0.4 is 0 Å². The van der Waals surface area contributed by atoms with Gasteiger partial charge in [-0.2, -0.15) is 0 Å². The molecule has 25 heavy (non-hydrogen) atoms. The van der Waals surface area contributed by atoms with Crippen LogP contribution in [0.3, 0.4) is 0 Å². The van der Waals surface area contributed by atoms with E-state index >= 15 is 0 Å². The van der Waals surface area contributed by atoms with Crippen molar-refractivity contribution in [3.63, 3.8) is 0 Å². The second-order valence-corrected chi connectivity index (χ2v) is 7.86. The fourth-order valence-electron chi connectivity index (χ4n) is 5.26. The number of piperidine rings is 3. The molecule has 0 N–H and O–H groups in total. The lowest BCUT2D eigenvalue weighted by Gasteiger charge is -2.51. The summed E-state index contributed by atoms with van der Waals surface area (Å²) in [7, 11) is 0. The Bertz CT molecular complexity index is 607. The molecule has 4 aliphatic heterocycles. The summed E-state index contributed by atoms with van der Waals surface area (Å²) in [5.41, 5.74) is 2.70. The zero-order valence-corrected chi connectivity index (χ0v) is 15.5. The van der Waals surface area contributed by atoms with E-state index in [9.17, 15) is 4.79 Å². The molecule has 3 atom stereocenters. The zero-order chi connectivity index (χ0) is 17.4. The van der Waals surface area contributed by atoms with Crippen LogP contribution in [0.15, 0.2) is 24.3 Å². The monoisotopic (exact) mass is 342 g/mol. The Balaban J connectivity index is 1.59. The molecule has 0 aromatic heterocycles. The van der Waals surface area contributed by atoms with Gasteiger partial charge in [0.2, 0.25) is 5.91 Å². The van der Waals surface area contributed by atoms with Crippen molar-refractivity contribution in [2.45, 2.75) is 51.1 Å². The van der Waals surface area contributed by atoms with Gasteiger partial charge in [-0.3, -0.25) is 9.69 Å². The molecule has 0 saturated carbocycles. The smallest absolute Gasteiger partial charge is 0.225 e. The lowest BCUT2D eigenvalue weighted by atomic mass is 9.75. The Labute approximate surface area is 151 Å².